The van der Waals surface area contributed by atoms with Gasteiger partial charge in [-0.2, -0.15) is 0 Å². The summed E-state index contributed by atoms with van der Waals surface area (Å²) in [5.41, 5.74) is 3.85. The Balaban J connectivity index is 1.66. The van der Waals surface area contributed by atoms with Crippen molar-refractivity contribution in [1.82, 2.24) is 0 Å². The number of phenols is 1. The van der Waals surface area contributed by atoms with Gasteiger partial charge in [-0.3, -0.25) is 4.79 Å². The zero-order valence-electron chi connectivity index (χ0n) is 21.0. The molecule has 0 aromatic heterocycles. The van der Waals surface area contributed by atoms with Crippen LogP contribution in [-0.2, 0) is 6.42 Å². The van der Waals surface area contributed by atoms with Gasteiger partial charge < -0.3 is 24.6 Å². The Bertz CT molecular complexity index is 1380. The van der Waals surface area contributed by atoms with E-state index in [9.17, 15) is 9.90 Å². The molecule has 0 unspecified atom stereocenters. The zero-order chi connectivity index (χ0) is 26.2. The van der Waals surface area contributed by atoms with Crippen LogP contribution in [0.25, 0.3) is 17.2 Å². The third-order valence-electron chi connectivity index (χ3n) is 6.00. The van der Waals surface area contributed by atoms with Crippen molar-refractivity contribution in [3.8, 4) is 34.1 Å². The van der Waals surface area contributed by atoms with E-state index in [1.165, 1.54) is 0 Å². The number of methoxy groups -OCH3 is 3. The number of rotatable bonds is 9. The average Bonchev–Trinajstić information content (AvgIpc) is 2.94. The number of hydrogen-bond donors (Lipinski definition) is 2. The number of ether oxygens (including phenoxy) is 3. The van der Waals surface area contributed by atoms with Gasteiger partial charge in [0.15, 0.2) is 0 Å². The Hall–Kier alpha value is -4.71. The number of phenolic OH excluding ortho intramolecular Hbond substituents is 1. The molecule has 0 spiro atoms. The molecule has 6 heteroatoms. The van der Waals surface area contributed by atoms with Crippen LogP contribution >= 0.6 is 0 Å². The fourth-order valence-electron chi connectivity index (χ4n) is 3.94. The number of anilines is 1. The Kier molecular flexibility index (Phi) is 8.11. The highest BCUT2D eigenvalue weighted by atomic mass is 16.5. The third-order valence-corrected chi connectivity index (χ3v) is 6.00. The predicted molar refractivity (Wildman–Crippen MR) is 147 cm³/mol. The molecule has 0 radical (unpaired) electrons. The van der Waals surface area contributed by atoms with Gasteiger partial charge in [-0.1, -0.05) is 48.6 Å². The van der Waals surface area contributed by atoms with E-state index in [-0.39, 0.29) is 11.3 Å². The molecule has 0 bridgehead atoms. The van der Waals surface area contributed by atoms with Crippen LogP contribution in [0.1, 0.15) is 21.5 Å². The molecule has 0 fully saturated rings. The Labute approximate surface area is 216 Å². The molecular weight excluding hydrogens is 466 g/mol. The highest BCUT2D eigenvalue weighted by molar-refractivity contribution is 6.11. The lowest BCUT2D eigenvalue weighted by atomic mass is 9.94. The van der Waals surface area contributed by atoms with E-state index in [0.29, 0.717) is 34.7 Å². The fraction of sp³-hybridized carbons (Fsp3) is 0.129. The number of carbonyl (C=O) groups is 1. The van der Waals surface area contributed by atoms with Crippen molar-refractivity contribution < 1.29 is 24.1 Å². The first-order chi connectivity index (χ1) is 18.0. The lowest BCUT2D eigenvalue weighted by Gasteiger charge is -2.15. The number of aromatic hydroxyl groups is 1. The van der Waals surface area contributed by atoms with Crippen molar-refractivity contribution in [3.63, 3.8) is 0 Å². The molecule has 0 heterocycles. The number of allylic oxidation sites excluding steroid dienone is 1. The van der Waals surface area contributed by atoms with Gasteiger partial charge in [0.25, 0.3) is 5.91 Å². The summed E-state index contributed by atoms with van der Waals surface area (Å²) >= 11 is 0. The minimum Gasteiger partial charge on any atom is -0.507 e. The third kappa shape index (κ3) is 6.11. The molecule has 37 heavy (non-hydrogen) atoms. The standard InChI is InChI=1S/C31H29NO5/c1-35-25-14-7-21(8-15-25)5-4-6-23-11-20-28(22-9-16-26(36-2)17-10-22)29(30(23)33)31(34)32-24-12-18-27(37-3)19-13-24/h4-5,7-20,33H,6H2,1-3H3,(H,32,34)/b5-4+. The molecule has 1 amide bonds. The molecule has 0 aliphatic heterocycles. The summed E-state index contributed by atoms with van der Waals surface area (Å²) in [7, 11) is 4.82. The quantitative estimate of drug-likeness (QED) is 0.274. The maximum absolute atomic E-state index is 13.5. The van der Waals surface area contributed by atoms with Crippen LogP contribution < -0.4 is 19.5 Å². The number of carbonyl (C=O) groups excluding carboxylic acids is 1. The van der Waals surface area contributed by atoms with Crippen molar-refractivity contribution >= 4 is 17.7 Å². The highest BCUT2D eigenvalue weighted by Gasteiger charge is 2.21. The molecule has 4 aromatic carbocycles. The minimum absolute atomic E-state index is 0.0567. The normalized spacial score (nSPS) is 10.8. The van der Waals surface area contributed by atoms with Gasteiger partial charge in [-0.15, -0.1) is 0 Å². The van der Waals surface area contributed by atoms with E-state index in [4.69, 9.17) is 14.2 Å². The summed E-state index contributed by atoms with van der Waals surface area (Å²) < 4.78 is 15.7. The maximum Gasteiger partial charge on any atom is 0.260 e. The largest absolute Gasteiger partial charge is 0.507 e. The summed E-state index contributed by atoms with van der Waals surface area (Å²) in [6.45, 7) is 0. The fourth-order valence-corrected chi connectivity index (χ4v) is 3.94. The monoisotopic (exact) mass is 495 g/mol. The highest BCUT2D eigenvalue weighted by Crippen LogP contribution is 2.35. The molecule has 0 atom stereocenters. The molecular formula is C31H29NO5. The second-order valence-corrected chi connectivity index (χ2v) is 8.29. The van der Waals surface area contributed by atoms with Crippen molar-refractivity contribution in [2.75, 3.05) is 26.6 Å². The van der Waals surface area contributed by atoms with E-state index >= 15 is 0 Å². The van der Waals surface area contributed by atoms with E-state index in [1.807, 2.05) is 72.8 Å². The van der Waals surface area contributed by atoms with E-state index in [0.717, 1.165) is 16.9 Å². The summed E-state index contributed by atoms with van der Waals surface area (Å²) in [5, 5.41) is 14.2. The molecule has 4 aromatic rings. The molecule has 2 N–H and O–H groups in total. The summed E-state index contributed by atoms with van der Waals surface area (Å²) in [6, 6.07) is 25.8. The number of benzene rings is 4. The molecule has 4 rings (SSSR count). The van der Waals surface area contributed by atoms with Crippen LogP contribution in [0.5, 0.6) is 23.0 Å². The van der Waals surface area contributed by atoms with E-state index in [1.54, 1.807) is 45.6 Å². The van der Waals surface area contributed by atoms with Gasteiger partial charge in [0, 0.05) is 5.69 Å². The second-order valence-electron chi connectivity index (χ2n) is 8.29. The number of hydrogen-bond acceptors (Lipinski definition) is 5. The van der Waals surface area contributed by atoms with Crippen molar-refractivity contribution in [2.45, 2.75) is 6.42 Å². The van der Waals surface area contributed by atoms with Gasteiger partial charge in [-0.25, -0.2) is 0 Å². The van der Waals surface area contributed by atoms with Gasteiger partial charge in [0.2, 0.25) is 0 Å². The lowest BCUT2D eigenvalue weighted by Crippen LogP contribution is -2.14. The van der Waals surface area contributed by atoms with E-state index < -0.39 is 5.91 Å². The predicted octanol–water partition coefficient (Wildman–Crippen LogP) is 6.59. The molecule has 0 saturated heterocycles. The summed E-state index contributed by atoms with van der Waals surface area (Å²) in [5.74, 6) is 1.72. The summed E-state index contributed by atoms with van der Waals surface area (Å²) in [6.07, 6.45) is 4.37. The Morgan fingerprint density at radius 2 is 1.30 bits per heavy atom. The van der Waals surface area contributed by atoms with Crippen molar-refractivity contribution in [2.24, 2.45) is 0 Å². The van der Waals surface area contributed by atoms with Crippen LogP contribution in [0.4, 0.5) is 5.69 Å². The van der Waals surface area contributed by atoms with Crippen LogP contribution in [0.15, 0.2) is 91.0 Å². The zero-order valence-corrected chi connectivity index (χ0v) is 21.0. The molecule has 6 nitrogen and oxygen atoms in total. The minimum atomic E-state index is -0.408. The first kappa shape index (κ1) is 25.4. The second kappa shape index (κ2) is 11.8. The Morgan fingerprint density at radius 3 is 1.86 bits per heavy atom. The van der Waals surface area contributed by atoms with Gasteiger partial charge in [-0.05, 0) is 77.2 Å². The summed E-state index contributed by atoms with van der Waals surface area (Å²) in [4.78, 5) is 13.5. The van der Waals surface area contributed by atoms with Crippen LogP contribution in [-0.4, -0.2) is 32.3 Å². The lowest BCUT2D eigenvalue weighted by molar-refractivity contribution is 0.102. The van der Waals surface area contributed by atoms with Crippen LogP contribution in [0.3, 0.4) is 0 Å². The molecule has 0 aliphatic rings. The smallest absolute Gasteiger partial charge is 0.260 e. The SMILES string of the molecule is COc1ccc(/C=C/Cc2ccc(-c3ccc(OC)cc3)c(C(=O)Nc3ccc(OC)cc3)c2O)cc1. The molecule has 0 saturated carbocycles. The number of nitrogens with one attached hydrogen (secondary N) is 1. The molecule has 188 valence electrons. The van der Waals surface area contributed by atoms with Gasteiger partial charge >= 0.3 is 0 Å². The van der Waals surface area contributed by atoms with Gasteiger partial charge in [0.05, 0.1) is 26.9 Å². The first-order valence-corrected chi connectivity index (χ1v) is 11.8. The maximum atomic E-state index is 13.5. The number of amides is 1. The van der Waals surface area contributed by atoms with Crippen LogP contribution in [0.2, 0.25) is 0 Å². The van der Waals surface area contributed by atoms with Gasteiger partial charge in [0.1, 0.15) is 23.0 Å². The topological polar surface area (TPSA) is 77.0 Å². The molecule has 0 aliphatic carbocycles. The van der Waals surface area contributed by atoms with Crippen molar-refractivity contribution in [3.05, 3.63) is 108 Å². The Morgan fingerprint density at radius 1 is 0.757 bits per heavy atom. The van der Waals surface area contributed by atoms with Crippen molar-refractivity contribution in [1.29, 1.82) is 0 Å². The average molecular weight is 496 g/mol. The van der Waals surface area contributed by atoms with E-state index in [2.05, 4.69) is 5.32 Å². The van der Waals surface area contributed by atoms with Crippen LogP contribution in [0, 0.1) is 0 Å². The first-order valence-electron chi connectivity index (χ1n) is 11.8.